The average Bonchev–Trinajstić information content (AvgIpc) is 3.13. The van der Waals surface area contributed by atoms with E-state index in [1.807, 2.05) is 0 Å². The molecule has 0 saturated carbocycles. The summed E-state index contributed by atoms with van der Waals surface area (Å²) in [6.45, 7) is 1.16. The number of carbonyl (C=O) groups is 2. The summed E-state index contributed by atoms with van der Waals surface area (Å²) in [5, 5.41) is 13.4. The minimum Gasteiger partial charge on any atom is -0.496 e. The van der Waals surface area contributed by atoms with Gasteiger partial charge in [0.05, 0.1) is 24.3 Å². The maximum absolute atomic E-state index is 12.1. The van der Waals surface area contributed by atoms with Gasteiger partial charge in [0, 0.05) is 12.1 Å². The second-order valence-corrected chi connectivity index (χ2v) is 5.02. The van der Waals surface area contributed by atoms with Crippen LogP contribution in [0.2, 0.25) is 0 Å². The summed E-state index contributed by atoms with van der Waals surface area (Å²) in [4.78, 5) is 34.1. The quantitative estimate of drug-likeness (QED) is 0.462. The third-order valence-corrected chi connectivity index (χ3v) is 3.30. The molecule has 9 nitrogen and oxygen atoms in total. The molecule has 0 aliphatic heterocycles. The number of ether oxygens (including phenoxy) is 2. The zero-order valence-corrected chi connectivity index (χ0v) is 13.6. The van der Waals surface area contributed by atoms with Crippen LogP contribution >= 0.6 is 0 Å². The normalized spacial score (nSPS) is 11.4. The lowest BCUT2D eigenvalue weighted by Gasteiger charge is -2.12. The number of furan rings is 1. The van der Waals surface area contributed by atoms with E-state index in [2.05, 4.69) is 5.32 Å². The molecule has 1 atom stereocenters. The molecular weight excluding hydrogens is 332 g/mol. The Morgan fingerprint density at radius 2 is 2.12 bits per heavy atom. The van der Waals surface area contributed by atoms with E-state index in [1.165, 1.54) is 25.5 Å². The molecule has 132 valence electrons. The smallest absolute Gasteiger partial charge is 0.342 e. The van der Waals surface area contributed by atoms with E-state index in [0.29, 0.717) is 5.76 Å². The fourth-order valence-electron chi connectivity index (χ4n) is 2.07. The molecule has 0 saturated heterocycles. The molecule has 0 fully saturated rings. The van der Waals surface area contributed by atoms with Gasteiger partial charge in [0.25, 0.3) is 11.6 Å². The van der Waals surface area contributed by atoms with E-state index in [4.69, 9.17) is 13.9 Å². The van der Waals surface area contributed by atoms with Crippen molar-refractivity contribution in [2.24, 2.45) is 0 Å². The van der Waals surface area contributed by atoms with Crippen LogP contribution in [-0.4, -0.2) is 30.5 Å². The van der Waals surface area contributed by atoms with Gasteiger partial charge in [0.2, 0.25) is 0 Å². The molecule has 0 radical (unpaired) electrons. The van der Waals surface area contributed by atoms with Gasteiger partial charge >= 0.3 is 5.97 Å². The van der Waals surface area contributed by atoms with Gasteiger partial charge in [-0.2, -0.15) is 0 Å². The molecule has 1 heterocycles. The second kappa shape index (κ2) is 7.95. The van der Waals surface area contributed by atoms with Crippen LogP contribution in [0.5, 0.6) is 5.75 Å². The van der Waals surface area contributed by atoms with Crippen LogP contribution in [0.1, 0.15) is 29.1 Å². The summed E-state index contributed by atoms with van der Waals surface area (Å²) >= 11 is 0. The number of hydrogen-bond donors (Lipinski definition) is 1. The van der Waals surface area contributed by atoms with Crippen molar-refractivity contribution in [3.63, 3.8) is 0 Å². The molecule has 2 rings (SSSR count). The molecule has 0 aliphatic rings. The topological polar surface area (TPSA) is 121 Å². The molecular formula is C16H16N2O7. The molecule has 0 spiro atoms. The first kappa shape index (κ1) is 18.0. The van der Waals surface area contributed by atoms with Crippen LogP contribution in [-0.2, 0) is 9.53 Å². The predicted octanol–water partition coefficient (Wildman–Crippen LogP) is 2.23. The number of non-ortho nitro benzene ring substituents is 1. The first-order chi connectivity index (χ1) is 11.9. The highest BCUT2D eigenvalue weighted by Crippen LogP contribution is 2.24. The largest absolute Gasteiger partial charge is 0.496 e. The number of nitrogens with one attached hydrogen (secondary N) is 1. The van der Waals surface area contributed by atoms with Gasteiger partial charge in [0.15, 0.2) is 6.61 Å². The maximum Gasteiger partial charge on any atom is 0.342 e. The summed E-state index contributed by atoms with van der Waals surface area (Å²) in [7, 11) is 1.32. The fraction of sp³-hybridized carbons (Fsp3) is 0.250. The number of benzene rings is 1. The monoisotopic (exact) mass is 348 g/mol. The molecule has 1 aromatic heterocycles. The third-order valence-electron chi connectivity index (χ3n) is 3.30. The van der Waals surface area contributed by atoms with Crippen molar-refractivity contribution in [1.29, 1.82) is 0 Å². The lowest BCUT2D eigenvalue weighted by Crippen LogP contribution is -2.31. The number of nitrogens with zero attached hydrogens (tertiary/aromatic N) is 1. The Labute approximate surface area is 142 Å². The van der Waals surface area contributed by atoms with Crippen molar-refractivity contribution in [3.8, 4) is 5.75 Å². The lowest BCUT2D eigenvalue weighted by molar-refractivity contribution is -0.384. The van der Waals surface area contributed by atoms with Crippen molar-refractivity contribution in [2.45, 2.75) is 13.0 Å². The molecule has 9 heteroatoms. The first-order valence-electron chi connectivity index (χ1n) is 7.24. The number of rotatable bonds is 7. The first-order valence-corrected chi connectivity index (χ1v) is 7.24. The Kier molecular flexibility index (Phi) is 5.72. The second-order valence-electron chi connectivity index (χ2n) is 5.02. The maximum atomic E-state index is 12.1. The highest BCUT2D eigenvalue weighted by molar-refractivity contribution is 5.94. The van der Waals surface area contributed by atoms with Gasteiger partial charge in [-0.05, 0) is 25.1 Å². The van der Waals surface area contributed by atoms with Gasteiger partial charge in [-0.15, -0.1) is 0 Å². The van der Waals surface area contributed by atoms with Crippen LogP contribution in [0, 0.1) is 10.1 Å². The van der Waals surface area contributed by atoms with E-state index < -0.39 is 29.4 Å². The highest BCUT2D eigenvalue weighted by atomic mass is 16.6. The van der Waals surface area contributed by atoms with Crippen molar-refractivity contribution in [2.75, 3.05) is 13.7 Å². The minimum atomic E-state index is -0.902. The molecule has 25 heavy (non-hydrogen) atoms. The molecule has 1 aromatic carbocycles. The Balaban J connectivity index is 1.98. The Morgan fingerprint density at radius 1 is 1.36 bits per heavy atom. The van der Waals surface area contributed by atoms with E-state index >= 15 is 0 Å². The number of nitro benzene ring substituents is 1. The molecule has 1 N–H and O–H groups in total. The number of carbonyl (C=O) groups excluding carboxylic acids is 2. The average molecular weight is 348 g/mol. The zero-order valence-electron chi connectivity index (χ0n) is 13.6. The van der Waals surface area contributed by atoms with Crippen LogP contribution in [0.4, 0.5) is 5.69 Å². The highest BCUT2D eigenvalue weighted by Gasteiger charge is 2.20. The van der Waals surface area contributed by atoms with Crippen LogP contribution < -0.4 is 10.1 Å². The standard InChI is InChI=1S/C16H16N2O7/c1-10(13-4-3-7-24-13)17-15(19)9-25-16(20)12-8-11(18(21)22)5-6-14(12)23-2/h3-8,10H,9H2,1-2H3,(H,17,19)/t10-/m0/s1. The van der Waals surface area contributed by atoms with E-state index in [0.717, 1.165) is 6.07 Å². The van der Waals surface area contributed by atoms with Crippen LogP contribution in [0.3, 0.4) is 0 Å². The number of hydrogen-bond acceptors (Lipinski definition) is 7. The molecule has 2 aromatic rings. The van der Waals surface area contributed by atoms with Crippen molar-refractivity contribution < 1.29 is 28.4 Å². The summed E-state index contributed by atoms with van der Waals surface area (Å²) in [5.74, 6) is -0.775. The molecule has 0 unspecified atom stereocenters. The number of amides is 1. The summed E-state index contributed by atoms with van der Waals surface area (Å²) in [6, 6.07) is 6.51. The van der Waals surface area contributed by atoms with E-state index in [9.17, 15) is 19.7 Å². The van der Waals surface area contributed by atoms with Crippen molar-refractivity contribution in [3.05, 3.63) is 58.0 Å². The predicted molar refractivity (Wildman–Crippen MR) is 85.2 cm³/mol. The summed E-state index contributed by atoms with van der Waals surface area (Å²) in [5.41, 5.74) is -0.424. The lowest BCUT2D eigenvalue weighted by atomic mass is 10.2. The zero-order chi connectivity index (χ0) is 18.4. The molecule has 0 bridgehead atoms. The number of methoxy groups -OCH3 is 1. The Bertz CT molecular complexity index is 771. The Morgan fingerprint density at radius 3 is 2.72 bits per heavy atom. The fourth-order valence-corrected chi connectivity index (χ4v) is 2.07. The van der Waals surface area contributed by atoms with Gasteiger partial charge in [-0.25, -0.2) is 4.79 Å². The molecule has 1 amide bonds. The van der Waals surface area contributed by atoms with Crippen molar-refractivity contribution in [1.82, 2.24) is 5.32 Å². The third kappa shape index (κ3) is 4.56. The van der Waals surface area contributed by atoms with Crippen LogP contribution in [0.15, 0.2) is 41.0 Å². The minimum absolute atomic E-state index is 0.111. The molecule has 0 aliphatic carbocycles. The number of nitro groups is 1. The summed E-state index contributed by atoms with van der Waals surface area (Å²) in [6.07, 6.45) is 1.48. The van der Waals surface area contributed by atoms with Gasteiger partial charge < -0.3 is 19.2 Å². The Hall–Kier alpha value is -3.36. The van der Waals surface area contributed by atoms with E-state index in [1.54, 1.807) is 19.1 Å². The van der Waals surface area contributed by atoms with Crippen molar-refractivity contribution >= 4 is 17.6 Å². The van der Waals surface area contributed by atoms with Gasteiger partial charge in [-0.1, -0.05) is 0 Å². The van der Waals surface area contributed by atoms with Gasteiger partial charge in [0.1, 0.15) is 17.1 Å². The van der Waals surface area contributed by atoms with Gasteiger partial charge in [-0.3, -0.25) is 14.9 Å². The van der Waals surface area contributed by atoms with E-state index in [-0.39, 0.29) is 17.0 Å². The SMILES string of the molecule is COc1ccc([N+](=O)[O-])cc1C(=O)OCC(=O)N[C@@H](C)c1ccco1. The number of esters is 1. The van der Waals surface area contributed by atoms with Crippen LogP contribution in [0.25, 0.3) is 0 Å². The summed E-state index contributed by atoms with van der Waals surface area (Å²) < 4.78 is 15.0.